The van der Waals surface area contributed by atoms with Crippen LogP contribution >= 0.6 is 11.6 Å². The van der Waals surface area contributed by atoms with Gasteiger partial charge in [0.1, 0.15) is 5.58 Å². The zero-order chi connectivity index (χ0) is 14.7. The average molecular weight is 296 g/mol. The molecule has 1 aromatic heterocycles. The van der Waals surface area contributed by atoms with Gasteiger partial charge in [0.15, 0.2) is 6.61 Å². The number of carbonyl (C=O) groups excluding carboxylic acids is 2. The van der Waals surface area contributed by atoms with E-state index in [0.29, 0.717) is 16.0 Å². The molecule has 0 bridgehead atoms. The lowest BCUT2D eigenvalue weighted by molar-refractivity contribution is -0.124. The summed E-state index contributed by atoms with van der Waals surface area (Å²) in [6, 6.07) is 6.54. The largest absolute Gasteiger partial charge is 0.450 e. The predicted octanol–water partition coefficient (Wildman–Crippen LogP) is 2.77. The molecule has 1 amide bonds. The summed E-state index contributed by atoms with van der Waals surface area (Å²) in [6.07, 6.45) is 0. The summed E-state index contributed by atoms with van der Waals surface area (Å²) < 4.78 is 10.2. The van der Waals surface area contributed by atoms with Crippen LogP contribution in [-0.2, 0) is 9.53 Å². The maximum atomic E-state index is 11.8. The Kier molecular flexibility index (Phi) is 4.29. The van der Waals surface area contributed by atoms with Crippen LogP contribution in [0.5, 0.6) is 0 Å². The van der Waals surface area contributed by atoms with Crippen LogP contribution in [0.25, 0.3) is 11.0 Å². The van der Waals surface area contributed by atoms with Gasteiger partial charge in [0, 0.05) is 16.5 Å². The number of rotatable bonds is 4. The van der Waals surface area contributed by atoms with Crippen LogP contribution < -0.4 is 5.32 Å². The fraction of sp³-hybridized carbons (Fsp3) is 0.286. The molecule has 1 heterocycles. The van der Waals surface area contributed by atoms with Gasteiger partial charge >= 0.3 is 5.97 Å². The number of ether oxygens (including phenoxy) is 1. The molecule has 106 valence electrons. The second-order valence-corrected chi connectivity index (χ2v) is 5.03. The molecule has 2 aromatic rings. The Morgan fingerprint density at radius 1 is 1.35 bits per heavy atom. The number of nitrogens with one attached hydrogen (secondary N) is 1. The maximum absolute atomic E-state index is 11.8. The van der Waals surface area contributed by atoms with E-state index >= 15 is 0 Å². The van der Waals surface area contributed by atoms with E-state index in [9.17, 15) is 9.59 Å². The highest BCUT2D eigenvalue weighted by atomic mass is 35.5. The standard InChI is InChI=1S/C14H14ClNO4/c1-8(2)16-13(17)7-19-14(18)12-6-9-5-10(15)3-4-11(9)20-12/h3-6,8H,7H2,1-2H3,(H,16,17). The lowest BCUT2D eigenvalue weighted by atomic mass is 10.2. The van der Waals surface area contributed by atoms with Gasteiger partial charge in [-0.15, -0.1) is 0 Å². The minimum atomic E-state index is -0.684. The number of hydrogen-bond acceptors (Lipinski definition) is 4. The van der Waals surface area contributed by atoms with E-state index in [4.69, 9.17) is 20.8 Å². The number of hydrogen-bond donors (Lipinski definition) is 1. The first-order valence-corrected chi connectivity index (χ1v) is 6.49. The highest BCUT2D eigenvalue weighted by Crippen LogP contribution is 2.23. The van der Waals surface area contributed by atoms with Gasteiger partial charge in [-0.2, -0.15) is 0 Å². The van der Waals surface area contributed by atoms with Gasteiger partial charge < -0.3 is 14.5 Å². The third-order valence-corrected chi connectivity index (χ3v) is 2.70. The summed E-state index contributed by atoms with van der Waals surface area (Å²) in [5, 5.41) is 3.87. The number of benzene rings is 1. The maximum Gasteiger partial charge on any atom is 0.374 e. The Labute approximate surface area is 120 Å². The van der Waals surface area contributed by atoms with E-state index in [-0.39, 0.29) is 24.3 Å². The number of halogens is 1. The molecule has 0 aliphatic rings. The smallest absolute Gasteiger partial charge is 0.374 e. The van der Waals surface area contributed by atoms with Gasteiger partial charge in [-0.1, -0.05) is 11.6 Å². The van der Waals surface area contributed by atoms with Crippen molar-refractivity contribution in [2.45, 2.75) is 19.9 Å². The third kappa shape index (κ3) is 3.51. The van der Waals surface area contributed by atoms with Gasteiger partial charge in [0.25, 0.3) is 5.91 Å². The molecule has 0 aliphatic carbocycles. The molecule has 0 aliphatic heterocycles. The molecule has 2 rings (SSSR count). The first-order valence-electron chi connectivity index (χ1n) is 6.11. The molecular weight excluding hydrogens is 282 g/mol. The molecule has 1 N–H and O–H groups in total. The van der Waals surface area contributed by atoms with Crippen molar-refractivity contribution in [3.8, 4) is 0 Å². The predicted molar refractivity (Wildman–Crippen MR) is 74.8 cm³/mol. The highest BCUT2D eigenvalue weighted by molar-refractivity contribution is 6.31. The van der Waals surface area contributed by atoms with Crippen LogP contribution in [-0.4, -0.2) is 24.5 Å². The zero-order valence-electron chi connectivity index (χ0n) is 11.1. The van der Waals surface area contributed by atoms with Crippen LogP contribution in [0.2, 0.25) is 5.02 Å². The molecular formula is C14H14ClNO4. The summed E-state index contributed by atoms with van der Waals surface area (Å²) >= 11 is 5.85. The van der Waals surface area contributed by atoms with Gasteiger partial charge in [-0.05, 0) is 38.1 Å². The molecule has 0 spiro atoms. The summed E-state index contributed by atoms with van der Waals surface area (Å²) in [6.45, 7) is 3.31. The Bertz CT molecular complexity index is 648. The number of furan rings is 1. The van der Waals surface area contributed by atoms with Crippen LogP contribution in [0, 0.1) is 0 Å². The van der Waals surface area contributed by atoms with E-state index in [0.717, 1.165) is 0 Å². The normalized spacial score (nSPS) is 10.8. The van der Waals surface area contributed by atoms with E-state index in [1.54, 1.807) is 18.2 Å². The Balaban J connectivity index is 2.02. The van der Waals surface area contributed by atoms with Crippen molar-refractivity contribution in [2.24, 2.45) is 0 Å². The van der Waals surface area contributed by atoms with E-state index in [1.807, 2.05) is 13.8 Å². The molecule has 20 heavy (non-hydrogen) atoms. The van der Waals surface area contributed by atoms with Gasteiger partial charge in [0.05, 0.1) is 0 Å². The van der Waals surface area contributed by atoms with Crippen LogP contribution in [0.1, 0.15) is 24.4 Å². The Hall–Kier alpha value is -2.01. The summed E-state index contributed by atoms with van der Waals surface area (Å²) in [5.74, 6) is -0.997. The zero-order valence-corrected chi connectivity index (χ0v) is 11.9. The quantitative estimate of drug-likeness (QED) is 0.881. The fourth-order valence-electron chi connectivity index (χ4n) is 1.68. The van der Waals surface area contributed by atoms with Gasteiger partial charge in [-0.25, -0.2) is 4.79 Å². The van der Waals surface area contributed by atoms with Crippen LogP contribution in [0.4, 0.5) is 0 Å². The molecule has 0 unspecified atom stereocenters. The lowest BCUT2D eigenvalue weighted by Crippen LogP contribution is -2.33. The summed E-state index contributed by atoms with van der Waals surface area (Å²) in [4.78, 5) is 23.1. The molecule has 1 aromatic carbocycles. The van der Waals surface area contributed by atoms with E-state index in [2.05, 4.69) is 5.32 Å². The lowest BCUT2D eigenvalue weighted by Gasteiger charge is -2.07. The summed E-state index contributed by atoms with van der Waals surface area (Å²) in [7, 11) is 0. The fourth-order valence-corrected chi connectivity index (χ4v) is 1.86. The topological polar surface area (TPSA) is 68.5 Å². The summed E-state index contributed by atoms with van der Waals surface area (Å²) in [5.41, 5.74) is 0.535. The minimum Gasteiger partial charge on any atom is -0.450 e. The monoisotopic (exact) mass is 295 g/mol. The molecule has 6 heteroatoms. The van der Waals surface area contributed by atoms with E-state index < -0.39 is 5.97 Å². The van der Waals surface area contributed by atoms with Crippen molar-refractivity contribution in [1.29, 1.82) is 0 Å². The number of fused-ring (bicyclic) bond motifs is 1. The molecule has 0 fully saturated rings. The van der Waals surface area contributed by atoms with Crippen molar-refractivity contribution in [3.63, 3.8) is 0 Å². The molecule has 0 saturated carbocycles. The van der Waals surface area contributed by atoms with Crippen molar-refractivity contribution < 1.29 is 18.7 Å². The Morgan fingerprint density at radius 2 is 2.10 bits per heavy atom. The van der Waals surface area contributed by atoms with Gasteiger partial charge in [-0.3, -0.25) is 4.79 Å². The van der Waals surface area contributed by atoms with Crippen molar-refractivity contribution in [1.82, 2.24) is 5.32 Å². The van der Waals surface area contributed by atoms with Crippen LogP contribution in [0.3, 0.4) is 0 Å². The third-order valence-electron chi connectivity index (χ3n) is 2.46. The van der Waals surface area contributed by atoms with Crippen LogP contribution in [0.15, 0.2) is 28.7 Å². The van der Waals surface area contributed by atoms with Crippen molar-refractivity contribution >= 4 is 34.4 Å². The highest BCUT2D eigenvalue weighted by Gasteiger charge is 2.15. The second kappa shape index (κ2) is 5.96. The number of amides is 1. The minimum absolute atomic E-state index is 0.00505. The molecule has 0 radical (unpaired) electrons. The van der Waals surface area contributed by atoms with Gasteiger partial charge in [0.2, 0.25) is 5.76 Å². The molecule has 0 saturated heterocycles. The average Bonchev–Trinajstić information content (AvgIpc) is 2.78. The Morgan fingerprint density at radius 3 is 2.80 bits per heavy atom. The van der Waals surface area contributed by atoms with Crippen molar-refractivity contribution in [2.75, 3.05) is 6.61 Å². The van der Waals surface area contributed by atoms with Crippen molar-refractivity contribution in [3.05, 3.63) is 35.0 Å². The first-order chi connectivity index (χ1) is 9.45. The molecule has 0 atom stereocenters. The first kappa shape index (κ1) is 14.4. The molecule has 5 nitrogen and oxygen atoms in total. The number of carbonyl (C=O) groups is 2. The SMILES string of the molecule is CC(C)NC(=O)COC(=O)c1cc2cc(Cl)ccc2o1. The number of esters is 1. The van der Waals surface area contributed by atoms with E-state index in [1.165, 1.54) is 6.07 Å². The second-order valence-electron chi connectivity index (χ2n) is 4.59.